The van der Waals surface area contributed by atoms with Gasteiger partial charge in [-0.15, -0.1) is 5.54 Å². The van der Waals surface area contributed by atoms with Crippen molar-refractivity contribution in [2.75, 3.05) is 0 Å². The summed E-state index contributed by atoms with van der Waals surface area (Å²) in [7, 11) is -1.28. The van der Waals surface area contributed by atoms with Crippen molar-refractivity contribution in [1.29, 1.82) is 0 Å². The van der Waals surface area contributed by atoms with Crippen LogP contribution in [0.3, 0.4) is 0 Å². The molecule has 106 valence electrons. The van der Waals surface area contributed by atoms with Gasteiger partial charge in [0, 0.05) is 6.54 Å². The van der Waals surface area contributed by atoms with E-state index in [-0.39, 0.29) is 0 Å². The lowest BCUT2D eigenvalue weighted by atomic mass is 10.2. The van der Waals surface area contributed by atoms with Crippen LogP contribution in [0.5, 0.6) is 0 Å². The molecule has 0 spiro atoms. The molecule has 3 atom stereocenters. The Hall–Kier alpha value is -1.30. The van der Waals surface area contributed by atoms with Crippen LogP contribution >= 0.6 is 0 Å². The summed E-state index contributed by atoms with van der Waals surface area (Å²) in [5.41, 5.74) is 6.27. The largest absolute Gasteiger partial charge is 0.275 e. The Balaban J connectivity index is 2.10. The number of hydrogen-bond acceptors (Lipinski definition) is 1. The van der Waals surface area contributed by atoms with Crippen LogP contribution in [0.4, 0.5) is 0 Å². The molecule has 0 amide bonds. The molecule has 1 unspecified atom stereocenters. The molecule has 1 fully saturated rings. The smallest absolute Gasteiger partial charge is 0.129 e. The van der Waals surface area contributed by atoms with E-state index in [0.29, 0.717) is 12.1 Å². The molecule has 0 aromatic heterocycles. The quantitative estimate of drug-likeness (QED) is 0.349. The van der Waals surface area contributed by atoms with Crippen molar-refractivity contribution in [1.82, 2.24) is 4.90 Å². The van der Waals surface area contributed by atoms with Crippen molar-refractivity contribution in [2.45, 2.75) is 52.1 Å². The summed E-state index contributed by atoms with van der Waals surface area (Å²) in [6.45, 7) is 12.3. The second-order valence-corrected chi connectivity index (χ2v) is 11.6. The maximum atomic E-state index is 3.52. The van der Waals surface area contributed by atoms with Gasteiger partial charge in [-0.05, 0) is 19.4 Å². The average molecular weight is 283 g/mol. The van der Waals surface area contributed by atoms with E-state index in [9.17, 15) is 0 Å². The first-order valence-corrected chi connectivity index (χ1v) is 10.8. The number of hydrogen-bond donors (Lipinski definition) is 0. The van der Waals surface area contributed by atoms with E-state index in [1.54, 1.807) is 0 Å². The van der Waals surface area contributed by atoms with Crippen LogP contribution in [-0.2, 0) is 6.54 Å². The van der Waals surface area contributed by atoms with Gasteiger partial charge in [0.25, 0.3) is 0 Å². The Morgan fingerprint density at radius 1 is 1.20 bits per heavy atom. The van der Waals surface area contributed by atoms with Crippen molar-refractivity contribution < 1.29 is 0 Å². The lowest BCUT2D eigenvalue weighted by Gasteiger charge is -2.04. The highest BCUT2D eigenvalue weighted by Crippen LogP contribution is 2.32. The fraction of sp³-hybridized carbons (Fsp3) is 0.444. The number of allylic oxidation sites excluding steroid dienone is 1. The molecule has 1 saturated heterocycles. The normalized spacial score (nSPS) is 24.6. The van der Waals surface area contributed by atoms with Gasteiger partial charge < -0.3 is 0 Å². The first-order chi connectivity index (χ1) is 9.37. The maximum absolute atomic E-state index is 3.52. The fourth-order valence-electron chi connectivity index (χ4n) is 2.28. The Labute approximate surface area is 124 Å². The molecular weight excluding hydrogens is 258 g/mol. The highest BCUT2D eigenvalue weighted by atomic mass is 28.3. The van der Waals surface area contributed by atoms with Crippen molar-refractivity contribution in [3.05, 3.63) is 47.5 Å². The summed E-state index contributed by atoms with van der Waals surface area (Å²) in [5, 5.41) is 0. The minimum absolute atomic E-state index is 0.414. The first kappa shape index (κ1) is 15.1. The van der Waals surface area contributed by atoms with Crippen molar-refractivity contribution in [3.63, 3.8) is 0 Å². The van der Waals surface area contributed by atoms with Crippen LogP contribution < -0.4 is 0 Å². The molecule has 1 heterocycles. The summed E-state index contributed by atoms with van der Waals surface area (Å²) >= 11 is 0. The SMILES string of the molecule is CC(C)=C[C@H]1[C@H](C#C[Si](C)(C)C)N1Cc1ccccc1. The van der Waals surface area contributed by atoms with Gasteiger partial charge in [-0.3, -0.25) is 4.90 Å². The molecule has 0 saturated carbocycles. The van der Waals surface area contributed by atoms with E-state index < -0.39 is 8.07 Å². The van der Waals surface area contributed by atoms with Gasteiger partial charge in [0.2, 0.25) is 0 Å². The van der Waals surface area contributed by atoms with Crippen LogP contribution in [0, 0.1) is 11.5 Å². The third-order valence-electron chi connectivity index (χ3n) is 3.28. The molecule has 20 heavy (non-hydrogen) atoms. The van der Waals surface area contributed by atoms with Gasteiger partial charge in [-0.2, -0.15) is 0 Å². The summed E-state index contributed by atoms with van der Waals surface area (Å²) in [6.07, 6.45) is 2.35. The Bertz CT molecular complexity index is 538. The minimum atomic E-state index is -1.28. The van der Waals surface area contributed by atoms with Crippen LogP contribution in [0.25, 0.3) is 0 Å². The molecule has 1 aliphatic heterocycles. The molecule has 0 bridgehead atoms. The maximum Gasteiger partial charge on any atom is 0.129 e. The van der Waals surface area contributed by atoms with Gasteiger partial charge in [-0.25, -0.2) is 0 Å². The van der Waals surface area contributed by atoms with Crippen molar-refractivity contribution >= 4 is 8.07 Å². The number of nitrogens with zero attached hydrogens (tertiary/aromatic N) is 1. The zero-order valence-corrected chi connectivity index (χ0v) is 14.3. The standard InChI is InChI=1S/C18H25NSi/c1-15(2)13-18-17(11-12-20(3,4)5)19(18)14-16-9-7-6-8-10-16/h6-10,13,17-18H,14H2,1-5H3/t17-,18-,19?/m0/s1. The predicted molar refractivity (Wildman–Crippen MR) is 90.1 cm³/mol. The van der Waals surface area contributed by atoms with Gasteiger partial charge >= 0.3 is 0 Å². The molecular formula is C18H25NSi. The molecule has 2 rings (SSSR count). The van der Waals surface area contributed by atoms with E-state index in [4.69, 9.17) is 0 Å². The summed E-state index contributed by atoms with van der Waals surface area (Å²) in [5.74, 6) is 3.52. The summed E-state index contributed by atoms with van der Waals surface area (Å²) in [6, 6.07) is 11.6. The Kier molecular flexibility index (Phi) is 4.52. The molecule has 1 aliphatic rings. The molecule has 1 nitrogen and oxygen atoms in total. The number of rotatable bonds is 3. The second-order valence-electron chi connectivity index (χ2n) is 6.86. The second kappa shape index (κ2) is 5.99. The fourth-order valence-corrected chi connectivity index (χ4v) is 2.86. The molecule has 2 heteroatoms. The monoisotopic (exact) mass is 283 g/mol. The van der Waals surface area contributed by atoms with E-state index in [2.05, 4.69) is 86.3 Å². The van der Waals surface area contributed by atoms with Gasteiger partial charge in [0.05, 0.1) is 12.1 Å². The lowest BCUT2D eigenvalue weighted by molar-refractivity contribution is 0.511. The van der Waals surface area contributed by atoms with E-state index in [1.165, 1.54) is 11.1 Å². The van der Waals surface area contributed by atoms with E-state index in [0.717, 1.165) is 6.54 Å². The minimum Gasteiger partial charge on any atom is -0.275 e. The Morgan fingerprint density at radius 2 is 1.85 bits per heavy atom. The first-order valence-electron chi connectivity index (χ1n) is 7.34. The average Bonchev–Trinajstić information content (AvgIpc) is 2.98. The zero-order valence-electron chi connectivity index (χ0n) is 13.3. The highest BCUT2D eigenvalue weighted by molar-refractivity contribution is 6.83. The van der Waals surface area contributed by atoms with Crippen LogP contribution in [0.1, 0.15) is 19.4 Å². The third kappa shape index (κ3) is 4.37. The van der Waals surface area contributed by atoms with E-state index >= 15 is 0 Å². The Morgan fingerprint density at radius 3 is 2.40 bits per heavy atom. The highest BCUT2D eigenvalue weighted by Gasteiger charge is 2.44. The van der Waals surface area contributed by atoms with E-state index in [1.807, 2.05) is 0 Å². The molecule has 0 aliphatic carbocycles. The summed E-state index contributed by atoms with van der Waals surface area (Å²) < 4.78 is 0. The topological polar surface area (TPSA) is 3.01 Å². The van der Waals surface area contributed by atoms with Crippen molar-refractivity contribution in [3.8, 4) is 11.5 Å². The van der Waals surface area contributed by atoms with Crippen LogP contribution in [0.2, 0.25) is 19.6 Å². The predicted octanol–water partition coefficient (Wildman–Crippen LogP) is 4.09. The van der Waals surface area contributed by atoms with Gasteiger partial charge in [0.15, 0.2) is 0 Å². The molecule has 1 aromatic carbocycles. The molecule has 0 N–H and O–H groups in total. The summed E-state index contributed by atoms with van der Waals surface area (Å²) in [4.78, 5) is 2.48. The molecule has 1 aromatic rings. The van der Waals surface area contributed by atoms with Gasteiger partial charge in [0.1, 0.15) is 8.07 Å². The van der Waals surface area contributed by atoms with Gasteiger partial charge in [-0.1, -0.05) is 67.5 Å². The van der Waals surface area contributed by atoms with Crippen LogP contribution in [0.15, 0.2) is 42.0 Å². The molecule has 0 radical (unpaired) electrons. The zero-order chi connectivity index (χ0) is 14.8. The van der Waals surface area contributed by atoms with Crippen LogP contribution in [-0.4, -0.2) is 25.1 Å². The van der Waals surface area contributed by atoms with Crippen molar-refractivity contribution in [2.24, 2.45) is 0 Å². The third-order valence-corrected chi connectivity index (χ3v) is 4.18. The number of benzene rings is 1. The lowest BCUT2D eigenvalue weighted by Crippen LogP contribution is -2.17.